The fourth-order valence-electron chi connectivity index (χ4n) is 2.46. The number of nitrogens with zero attached hydrogens (tertiary/aromatic N) is 1. The van der Waals surface area contributed by atoms with E-state index >= 15 is 0 Å². The Kier molecular flexibility index (Phi) is 4.76. The van der Waals surface area contributed by atoms with Crippen LogP contribution in [0.1, 0.15) is 43.7 Å². The molecule has 1 aromatic rings. The minimum atomic E-state index is -0.179. The van der Waals surface area contributed by atoms with Crippen LogP contribution in [0.4, 0.5) is 0 Å². The smallest absolute Gasteiger partial charge is 0.224 e. The van der Waals surface area contributed by atoms with Gasteiger partial charge in [0.05, 0.1) is 0 Å². The van der Waals surface area contributed by atoms with Gasteiger partial charge in [0.2, 0.25) is 5.91 Å². The molecule has 1 aromatic carbocycles. The Morgan fingerprint density at radius 2 is 1.72 bits per heavy atom. The average Bonchev–Trinajstić information content (AvgIpc) is 2.68. The van der Waals surface area contributed by atoms with Gasteiger partial charge in [-0.05, 0) is 18.4 Å². The van der Waals surface area contributed by atoms with E-state index in [1.165, 1.54) is 12.8 Å². The Balaban J connectivity index is 1.90. The molecule has 1 aliphatic rings. The fourth-order valence-corrected chi connectivity index (χ4v) is 2.46. The topological polar surface area (TPSA) is 46.3 Å². The second-order valence-electron chi connectivity index (χ2n) is 5.02. The maximum absolute atomic E-state index is 12.2. The standard InChI is InChI=1S/C15H22N2O/c16-14(13-8-4-3-5-9-13)12-15(18)17-10-6-1-2-7-11-17/h3-5,8-9,14H,1-2,6-7,10-12,16H2/t14-/m1/s1. The Bertz CT molecular complexity index is 369. The lowest BCUT2D eigenvalue weighted by Gasteiger charge is -2.22. The molecule has 0 aliphatic carbocycles. The molecule has 18 heavy (non-hydrogen) atoms. The number of hydrogen-bond acceptors (Lipinski definition) is 2. The Morgan fingerprint density at radius 1 is 1.11 bits per heavy atom. The van der Waals surface area contributed by atoms with Gasteiger partial charge in [0.15, 0.2) is 0 Å². The molecular weight excluding hydrogens is 224 g/mol. The highest BCUT2D eigenvalue weighted by Gasteiger charge is 2.18. The van der Waals surface area contributed by atoms with E-state index in [4.69, 9.17) is 5.73 Å². The molecule has 0 aromatic heterocycles. The highest BCUT2D eigenvalue weighted by atomic mass is 16.2. The first kappa shape index (κ1) is 13.1. The predicted molar refractivity (Wildman–Crippen MR) is 73.0 cm³/mol. The third-order valence-corrected chi connectivity index (χ3v) is 3.58. The summed E-state index contributed by atoms with van der Waals surface area (Å²) in [5, 5.41) is 0. The van der Waals surface area contributed by atoms with Crippen molar-refractivity contribution in [1.29, 1.82) is 0 Å². The summed E-state index contributed by atoms with van der Waals surface area (Å²) < 4.78 is 0. The summed E-state index contributed by atoms with van der Waals surface area (Å²) in [6, 6.07) is 9.69. The van der Waals surface area contributed by atoms with Crippen molar-refractivity contribution in [2.24, 2.45) is 5.73 Å². The van der Waals surface area contributed by atoms with Gasteiger partial charge in [-0.15, -0.1) is 0 Å². The van der Waals surface area contributed by atoms with Crippen molar-refractivity contribution in [3.63, 3.8) is 0 Å². The van der Waals surface area contributed by atoms with Crippen molar-refractivity contribution in [2.45, 2.75) is 38.1 Å². The first-order valence-electron chi connectivity index (χ1n) is 6.85. The number of nitrogens with two attached hydrogens (primary N) is 1. The van der Waals surface area contributed by atoms with Crippen LogP contribution in [0.2, 0.25) is 0 Å². The summed E-state index contributed by atoms with van der Waals surface area (Å²) in [4.78, 5) is 14.2. The molecule has 1 saturated heterocycles. The van der Waals surface area contributed by atoms with Crippen LogP contribution in [0.3, 0.4) is 0 Å². The summed E-state index contributed by atoms with van der Waals surface area (Å²) >= 11 is 0. The minimum absolute atomic E-state index is 0.179. The molecule has 0 bridgehead atoms. The van der Waals surface area contributed by atoms with Gasteiger partial charge in [-0.25, -0.2) is 0 Å². The van der Waals surface area contributed by atoms with Crippen molar-refractivity contribution in [3.05, 3.63) is 35.9 Å². The first-order valence-corrected chi connectivity index (χ1v) is 6.85. The molecule has 1 heterocycles. The van der Waals surface area contributed by atoms with Crippen LogP contribution in [-0.2, 0) is 4.79 Å². The number of likely N-dealkylation sites (tertiary alicyclic amines) is 1. The molecule has 1 fully saturated rings. The van der Waals surface area contributed by atoms with Gasteiger partial charge in [-0.1, -0.05) is 43.2 Å². The highest BCUT2D eigenvalue weighted by Crippen LogP contribution is 2.17. The molecule has 0 spiro atoms. The molecule has 1 amide bonds. The molecular formula is C15H22N2O. The number of benzene rings is 1. The van der Waals surface area contributed by atoms with Gasteiger partial charge in [-0.2, -0.15) is 0 Å². The summed E-state index contributed by atoms with van der Waals surface area (Å²) in [5.41, 5.74) is 7.14. The molecule has 2 N–H and O–H groups in total. The first-order chi connectivity index (χ1) is 8.77. The minimum Gasteiger partial charge on any atom is -0.343 e. The highest BCUT2D eigenvalue weighted by molar-refractivity contribution is 5.77. The van der Waals surface area contributed by atoms with E-state index < -0.39 is 0 Å². The monoisotopic (exact) mass is 246 g/mol. The van der Waals surface area contributed by atoms with E-state index in [1.807, 2.05) is 35.2 Å². The number of rotatable bonds is 3. The second-order valence-corrected chi connectivity index (χ2v) is 5.02. The maximum atomic E-state index is 12.2. The van der Waals surface area contributed by atoms with Crippen molar-refractivity contribution in [3.8, 4) is 0 Å². The molecule has 1 atom stereocenters. The van der Waals surface area contributed by atoms with Crippen LogP contribution in [0, 0.1) is 0 Å². The lowest BCUT2D eigenvalue weighted by atomic mass is 10.0. The van der Waals surface area contributed by atoms with Gasteiger partial charge in [0, 0.05) is 25.6 Å². The SMILES string of the molecule is N[C@H](CC(=O)N1CCCCCC1)c1ccccc1. The number of hydrogen-bond donors (Lipinski definition) is 1. The zero-order valence-electron chi connectivity index (χ0n) is 10.8. The molecule has 0 unspecified atom stereocenters. The number of amides is 1. The number of carbonyl (C=O) groups excluding carboxylic acids is 1. The van der Waals surface area contributed by atoms with Crippen LogP contribution >= 0.6 is 0 Å². The van der Waals surface area contributed by atoms with Crippen molar-refractivity contribution < 1.29 is 4.79 Å². The lowest BCUT2D eigenvalue weighted by molar-refractivity contribution is -0.131. The van der Waals surface area contributed by atoms with Crippen LogP contribution in [0.5, 0.6) is 0 Å². The van der Waals surface area contributed by atoms with Crippen molar-refractivity contribution >= 4 is 5.91 Å². The van der Waals surface area contributed by atoms with E-state index in [0.717, 1.165) is 31.5 Å². The summed E-state index contributed by atoms with van der Waals surface area (Å²) in [5.74, 6) is 0.202. The zero-order valence-corrected chi connectivity index (χ0v) is 10.8. The quantitative estimate of drug-likeness (QED) is 0.890. The van der Waals surface area contributed by atoms with Crippen molar-refractivity contribution in [1.82, 2.24) is 4.90 Å². The van der Waals surface area contributed by atoms with Crippen LogP contribution in [0.25, 0.3) is 0 Å². The van der Waals surface area contributed by atoms with E-state index in [0.29, 0.717) is 6.42 Å². The van der Waals surface area contributed by atoms with E-state index in [-0.39, 0.29) is 11.9 Å². The average molecular weight is 246 g/mol. The van der Waals surface area contributed by atoms with Gasteiger partial charge in [0.25, 0.3) is 0 Å². The maximum Gasteiger partial charge on any atom is 0.224 e. The Morgan fingerprint density at radius 3 is 2.33 bits per heavy atom. The Labute approximate surface area is 109 Å². The third kappa shape index (κ3) is 3.57. The molecule has 1 aliphatic heterocycles. The lowest BCUT2D eigenvalue weighted by Crippen LogP contribution is -2.34. The van der Waals surface area contributed by atoms with Crippen molar-refractivity contribution in [2.75, 3.05) is 13.1 Å². The molecule has 0 saturated carbocycles. The molecule has 98 valence electrons. The molecule has 3 nitrogen and oxygen atoms in total. The Hall–Kier alpha value is -1.35. The van der Waals surface area contributed by atoms with E-state index in [1.54, 1.807) is 0 Å². The molecule has 3 heteroatoms. The van der Waals surface area contributed by atoms with Crippen LogP contribution in [0.15, 0.2) is 30.3 Å². The second kappa shape index (κ2) is 6.55. The van der Waals surface area contributed by atoms with Gasteiger partial charge in [-0.3, -0.25) is 4.79 Å². The summed E-state index contributed by atoms with van der Waals surface area (Å²) in [6.45, 7) is 1.81. The van der Waals surface area contributed by atoms with Gasteiger partial charge in [0.1, 0.15) is 0 Å². The molecule has 2 rings (SSSR count). The summed E-state index contributed by atoms with van der Waals surface area (Å²) in [6.07, 6.45) is 5.17. The third-order valence-electron chi connectivity index (χ3n) is 3.58. The zero-order chi connectivity index (χ0) is 12.8. The van der Waals surface area contributed by atoms with Crippen LogP contribution in [-0.4, -0.2) is 23.9 Å². The van der Waals surface area contributed by atoms with Crippen LogP contribution < -0.4 is 5.73 Å². The predicted octanol–water partition coefficient (Wildman–Crippen LogP) is 2.48. The summed E-state index contributed by atoms with van der Waals surface area (Å²) in [7, 11) is 0. The normalized spacial score (nSPS) is 18.2. The fraction of sp³-hybridized carbons (Fsp3) is 0.533. The van der Waals surface area contributed by atoms with E-state index in [9.17, 15) is 4.79 Å². The van der Waals surface area contributed by atoms with E-state index in [2.05, 4.69) is 0 Å². The van der Waals surface area contributed by atoms with Gasteiger partial charge >= 0.3 is 0 Å². The molecule has 0 radical (unpaired) electrons. The largest absolute Gasteiger partial charge is 0.343 e. The van der Waals surface area contributed by atoms with Gasteiger partial charge < -0.3 is 10.6 Å². The number of carbonyl (C=O) groups is 1.